The maximum Gasteiger partial charge on any atom is 0.348 e. The van der Waals surface area contributed by atoms with Crippen LogP contribution in [0.5, 0.6) is 0 Å². The van der Waals surface area contributed by atoms with Gasteiger partial charge in [-0.1, -0.05) is 0 Å². The van der Waals surface area contributed by atoms with Crippen molar-refractivity contribution in [1.82, 2.24) is 4.31 Å². The van der Waals surface area contributed by atoms with Crippen molar-refractivity contribution in [2.45, 2.75) is 4.90 Å². The number of hydrogen-bond acceptors (Lipinski definition) is 7. The van der Waals surface area contributed by atoms with Crippen LogP contribution in [0.2, 0.25) is 0 Å². The Morgan fingerprint density at radius 2 is 1.86 bits per heavy atom. The molecule has 1 aromatic carbocycles. The predicted octanol–water partition coefficient (Wildman–Crippen LogP) is 2.05. The lowest BCUT2D eigenvalue weighted by Crippen LogP contribution is -2.40. The second kappa shape index (κ2) is 8.39. The number of esters is 1. The van der Waals surface area contributed by atoms with Crippen LogP contribution in [-0.2, 0) is 24.3 Å². The van der Waals surface area contributed by atoms with Gasteiger partial charge in [-0.15, -0.1) is 0 Å². The van der Waals surface area contributed by atoms with Gasteiger partial charge in [-0.25, -0.2) is 13.2 Å². The third-order valence-electron chi connectivity index (χ3n) is 4.19. The van der Waals surface area contributed by atoms with Crippen LogP contribution in [0.4, 0.5) is 0 Å². The molecule has 1 aromatic heterocycles. The number of furan rings is 1. The summed E-state index contributed by atoms with van der Waals surface area (Å²) in [6.07, 6.45) is 1.28. The summed E-state index contributed by atoms with van der Waals surface area (Å²) < 4.78 is 42.0. The average Bonchev–Trinajstić information content (AvgIpc) is 3.21. The Balaban J connectivity index is 1.81. The zero-order valence-electron chi connectivity index (χ0n) is 15.1. The third-order valence-corrected chi connectivity index (χ3v) is 6.10. The first kappa shape index (κ1) is 19.8. The molecule has 0 radical (unpaired) electrons. The minimum absolute atomic E-state index is 0.185. The van der Waals surface area contributed by atoms with Crippen LogP contribution in [0.15, 0.2) is 51.3 Å². The molecule has 9 heteroatoms. The highest BCUT2D eigenvalue weighted by atomic mass is 32.2. The molecular formula is C19H18N2O6S. The van der Waals surface area contributed by atoms with E-state index in [2.05, 4.69) is 4.74 Å². The van der Waals surface area contributed by atoms with E-state index in [1.165, 1.54) is 29.6 Å². The summed E-state index contributed by atoms with van der Waals surface area (Å²) in [5.74, 6) is 0.0313. The monoisotopic (exact) mass is 402 g/mol. The van der Waals surface area contributed by atoms with Crippen LogP contribution in [0.25, 0.3) is 17.4 Å². The van der Waals surface area contributed by atoms with Crippen molar-refractivity contribution in [2.24, 2.45) is 0 Å². The number of nitrogens with zero attached hydrogens (tertiary/aromatic N) is 2. The first-order valence-electron chi connectivity index (χ1n) is 8.44. The van der Waals surface area contributed by atoms with Crippen LogP contribution >= 0.6 is 0 Å². The summed E-state index contributed by atoms with van der Waals surface area (Å²) >= 11 is 0. The smallest absolute Gasteiger partial charge is 0.348 e. The summed E-state index contributed by atoms with van der Waals surface area (Å²) in [6, 6.07) is 11.4. The standard InChI is InChI=1S/C19H18N2O6S/c1-25-19(22)15(13-20)12-16-4-7-18(27-16)14-2-5-17(6-3-14)28(23,24)21-8-10-26-11-9-21/h2-7,12H,8-11H2,1H3/b15-12+. The van der Waals surface area contributed by atoms with E-state index in [0.29, 0.717) is 43.4 Å². The fraction of sp³-hybridized carbons (Fsp3) is 0.263. The van der Waals surface area contributed by atoms with E-state index < -0.39 is 16.0 Å². The number of methoxy groups -OCH3 is 1. The quantitative estimate of drug-likeness (QED) is 0.428. The number of carbonyl (C=O) groups is 1. The largest absolute Gasteiger partial charge is 0.465 e. The maximum atomic E-state index is 12.7. The minimum atomic E-state index is -3.56. The number of rotatable bonds is 5. The van der Waals surface area contributed by atoms with Crippen LogP contribution in [-0.4, -0.2) is 52.1 Å². The van der Waals surface area contributed by atoms with Crippen LogP contribution in [0.1, 0.15) is 5.76 Å². The first-order valence-corrected chi connectivity index (χ1v) is 9.88. The molecule has 2 heterocycles. The minimum Gasteiger partial charge on any atom is -0.465 e. The van der Waals surface area contributed by atoms with Crippen molar-refractivity contribution in [3.8, 4) is 17.4 Å². The van der Waals surface area contributed by atoms with E-state index in [1.807, 2.05) is 0 Å². The van der Waals surface area contributed by atoms with E-state index >= 15 is 0 Å². The molecule has 0 saturated carbocycles. The van der Waals surface area contributed by atoms with Gasteiger partial charge in [0.2, 0.25) is 10.0 Å². The Labute approximate surface area is 162 Å². The van der Waals surface area contributed by atoms with Gasteiger partial charge in [0.25, 0.3) is 0 Å². The van der Waals surface area contributed by atoms with Gasteiger partial charge in [-0.2, -0.15) is 9.57 Å². The molecule has 1 saturated heterocycles. The molecule has 146 valence electrons. The SMILES string of the molecule is COC(=O)/C(C#N)=C/c1ccc(-c2ccc(S(=O)(=O)N3CCOCC3)cc2)o1. The topological polar surface area (TPSA) is 110 Å². The summed E-state index contributed by atoms with van der Waals surface area (Å²) in [6.45, 7) is 1.44. The zero-order chi connectivity index (χ0) is 20.1. The number of hydrogen-bond donors (Lipinski definition) is 0. The van der Waals surface area contributed by atoms with Crippen molar-refractivity contribution in [1.29, 1.82) is 5.26 Å². The lowest BCUT2D eigenvalue weighted by atomic mass is 10.2. The highest BCUT2D eigenvalue weighted by Gasteiger charge is 2.26. The van der Waals surface area contributed by atoms with Gasteiger partial charge >= 0.3 is 5.97 Å². The van der Waals surface area contributed by atoms with Crippen molar-refractivity contribution >= 4 is 22.1 Å². The molecule has 28 heavy (non-hydrogen) atoms. The second-order valence-electron chi connectivity index (χ2n) is 5.90. The lowest BCUT2D eigenvalue weighted by molar-refractivity contribution is -0.135. The number of carbonyl (C=O) groups excluding carboxylic acids is 1. The van der Waals surface area contributed by atoms with Crippen LogP contribution < -0.4 is 0 Å². The molecule has 1 aliphatic rings. The highest BCUT2D eigenvalue weighted by Crippen LogP contribution is 2.26. The molecule has 0 aliphatic carbocycles. The lowest BCUT2D eigenvalue weighted by Gasteiger charge is -2.26. The fourth-order valence-corrected chi connectivity index (χ4v) is 4.11. The van der Waals surface area contributed by atoms with Crippen LogP contribution in [0.3, 0.4) is 0 Å². The molecule has 0 N–H and O–H groups in total. The average molecular weight is 402 g/mol. The Bertz CT molecular complexity index is 1030. The Morgan fingerprint density at radius 3 is 2.46 bits per heavy atom. The normalized spacial score (nSPS) is 15.8. The highest BCUT2D eigenvalue weighted by molar-refractivity contribution is 7.89. The molecule has 2 aromatic rings. The van der Waals surface area contributed by atoms with E-state index in [9.17, 15) is 13.2 Å². The molecule has 0 atom stereocenters. The van der Waals surface area contributed by atoms with Gasteiger partial charge < -0.3 is 13.9 Å². The second-order valence-corrected chi connectivity index (χ2v) is 7.84. The van der Waals surface area contributed by atoms with Crippen molar-refractivity contribution in [2.75, 3.05) is 33.4 Å². The number of benzene rings is 1. The van der Waals surface area contributed by atoms with Gasteiger partial charge in [0.1, 0.15) is 23.2 Å². The zero-order valence-corrected chi connectivity index (χ0v) is 15.9. The molecular weight excluding hydrogens is 384 g/mol. The summed E-state index contributed by atoms with van der Waals surface area (Å²) in [5, 5.41) is 9.00. The first-order chi connectivity index (χ1) is 13.5. The van der Waals surface area contributed by atoms with Gasteiger partial charge in [0, 0.05) is 24.7 Å². The van der Waals surface area contributed by atoms with Gasteiger partial charge in [0.15, 0.2) is 0 Å². The molecule has 8 nitrogen and oxygen atoms in total. The van der Waals surface area contributed by atoms with Gasteiger partial charge in [-0.3, -0.25) is 0 Å². The van der Waals surface area contributed by atoms with E-state index in [-0.39, 0.29) is 10.5 Å². The molecule has 0 spiro atoms. The van der Waals surface area contributed by atoms with Crippen LogP contribution in [0, 0.1) is 11.3 Å². The molecule has 0 bridgehead atoms. The maximum absolute atomic E-state index is 12.7. The molecule has 1 aliphatic heterocycles. The molecule has 0 amide bonds. The Hall–Kier alpha value is -2.93. The van der Waals surface area contributed by atoms with E-state index in [1.54, 1.807) is 30.3 Å². The summed E-state index contributed by atoms with van der Waals surface area (Å²) in [4.78, 5) is 11.7. The van der Waals surface area contributed by atoms with Gasteiger partial charge in [0.05, 0.1) is 25.2 Å². The number of nitriles is 1. The van der Waals surface area contributed by atoms with Crippen molar-refractivity contribution < 1.29 is 27.1 Å². The summed E-state index contributed by atoms with van der Waals surface area (Å²) in [5.41, 5.74) is 0.479. The number of ether oxygens (including phenoxy) is 2. The predicted molar refractivity (Wildman–Crippen MR) is 99.3 cm³/mol. The Kier molecular flexibility index (Phi) is 5.94. The van der Waals surface area contributed by atoms with Gasteiger partial charge in [-0.05, 0) is 36.4 Å². The molecule has 1 fully saturated rings. The fourth-order valence-electron chi connectivity index (χ4n) is 2.70. The van der Waals surface area contributed by atoms with Crippen molar-refractivity contribution in [3.05, 3.63) is 47.7 Å². The third kappa shape index (κ3) is 4.14. The molecule has 0 unspecified atom stereocenters. The van der Waals surface area contributed by atoms with Crippen molar-refractivity contribution in [3.63, 3.8) is 0 Å². The Morgan fingerprint density at radius 1 is 1.18 bits per heavy atom. The molecule has 3 rings (SSSR count). The number of sulfonamides is 1. The van der Waals surface area contributed by atoms with E-state index in [4.69, 9.17) is 14.4 Å². The van der Waals surface area contributed by atoms with E-state index in [0.717, 1.165) is 0 Å². The summed E-state index contributed by atoms with van der Waals surface area (Å²) in [7, 11) is -2.37. The number of morpholine rings is 1.